The number of hydrogen-bond donors (Lipinski definition) is 1. The highest BCUT2D eigenvalue weighted by atomic mass is 19.4. The fraction of sp³-hybridized carbons (Fsp3) is 0.318. The average Bonchev–Trinajstić information content (AvgIpc) is 3.22. The molecular weight excluding hydrogens is 427 g/mol. The number of ether oxygens (including phenoxy) is 3. The maximum atomic E-state index is 12.7. The van der Waals surface area contributed by atoms with E-state index in [0.717, 1.165) is 12.1 Å². The minimum atomic E-state index is -4.40. The summed E-state index contributed by atoms with van der Waals surface area (Å²) in [6.07, 6.45) is -4.40. The van der Waals surface area contributed by atoms with Gasteiger partial charge >= 0.3 is 12.1 Å². The van der Waals surface area contributed by atoms with Crippen LogP contribution in [0.1, 0.15) is 32.2 Å². The number of rotatable bonds is 8. The summed E-state index contributed by atoms with van der Waals surface area (Å²) in [4.78, 5) is 16.2. The Balaban J connectivity index is 1.57. The Morgan fingerprint density at radius 3 is 2.22 bits per heavy atom. The molecule has 0 radical (unpaired) electrons. The lowest BCUT2D eigenvalue weighted by atomic mass is 10.1. The van der Waals surface area contributed by atoms with Crippen LogP contribution >= 0.6 is 0 Å². The molecular formula is C22H22F3N3O4. The van der Waals surface area contributed by atoms with Gasteiger partial charge in [0.25, 0.3) is 0 Å². The molecule has 0 saturated carbocycles. The third-order valence-electron chi connectivity index (χ3n) is 4.34. The van der Waals surface area contributed by atoms with Crippen molar-refractivity contribution in [3.8, 4) is 22.9 Å². The minimum Gasteiger partial charge on any atom is -0.486 e. The van der Waals surface area contributed by atoms with E-state index < -0.39 is 23.3 Å². The number of benzene rings is 2. The zero-order valence-electron chi connectivity index (χ0n) is 17.7. The number of esters is 1. The molecule has 0 aliphatic rings. The van der Waals surface area contributed by atoms with Gasteiger partial charge in [-0.1, -0.05) is 12.1 Å². The van der Waals surface area contributed by atoms with Gasteiger partial charge in [-0.05, 0) is 57.2 Å². The number of H-pyrrole nitrogens is 1. The standard InChI is InChI=1S/C22H22F3N3O4/c1-4-30-20(29)21(2,3)32-17-11-9-16(10-12-17)31-13-18-26-19(28-27-18)14-5-7-15(8-6-14)22(23,24)25/h5-12H,4,13H2,1-3H3,(H,26,27,28). The second kappa shape index (κ2) is 9.29. The number of nitrogens with one attached hydrogen (secondary N) is 1. The predicted octanol–water partition coefficient (Wildman–Crippen LogP) is 4.79. The number of alkyl halides is 3. The Hall–Kier alpha value is -3.56. The van der Waals surface area contributed by atoms with Gasteiger partial charge in [0.15, 0.2) is 17.2 Å². The molecule has 0 aliphatic heterocycles. The Labute approximate surface area is 182 Å². The summed E-state index contributed by atoms with van der Waals surface area (Å²) in [5, 5.41) is 6.72. The van der Waals surface area contributed by atoms with E-state index in [1.54, 1.807) is 45.0 Å². The Morgan fingerprint density at radius 1 is 1.00 bits per heavy atom. The van der Waals surface area contributed by atoms with Gasteiger partial charge in [-0.25, -0.2) is 9.78 Å². The fourth-order valence-corrected chi connectivity index (χ4v) is 2.69. The van der Waals surface area contributed by atoms with E-state index >= 15 is 0 Å². The zero-order valence-corrected chi connectivity index (χ0v) is 17.7. The normalized spacial score (nSPS) is 11.8. The van der Waals surface area contributed by atoms with Gasteiger partial charge in [0, 0.05) is 5.56 Å². The van der Waals surface area contributed by atoms with Crippen LogP contribution in [0.25, 0.3) is 11.4 Å². The van der Waals surface area contributed by atoms with Gasteiger partial charge in [0.05, 0.1) is 12.2 Å². The van der Waals surface area contributed by atoms with Gasteiger partial charge in [-0.15, -0.1) is 0 Å². The van der Waals surface area contributed by atoms with E-state index in [9.17, 15) is 18.0 Å². The van der Waals surface area contributed by atoms with Crippen molar-refractivity contribution in [3.05, 3.63) is 59.9 Å². The van der Waals surface area contributed by atoms with Crippen LogP contribution in [0.2, 0.25) is 0 Å². The largest absolute Gasteiger partial charge is 0.486 e. The van der Waals surface area contributed by atoms with Crippen molar-refractivity contribution in [2.45, 2.75) is 39.2 Å². The highest BCUT2D eigenvalue weighted by Crippen LogP contribution is 2.30. The molecule has 0 fully saturated rings. The molecule has 1 N–H and O–H groups in total. The molecule has 3 rings (SSSR count). The summed E-state index contributed by atoms with van der Waals surface area (Å²) in [5.74, 6) is 1.21. The van der Waals surface area contributed by atoms with Gasteiger partial charge < -0.3 is 14.2 Å². The highest BCUT2D eigenvalue weighted by Gasteiger charge is 2.31. The van der Waals surface area contributed by atoms with E-state index in [4.69, 9.17) is 14.2 Å². The molecule has 7 nitrogen and oxygen atoms in total. The van der Waals surface area contributed by atoms with E-state index in [1.165, 1.54) is 12.1 Å². The minimum absolute atomic E-state index is 0.0716. The smallest absolute Gasteiger partial charge is 0.416 e. The van der Waals surface area contributed by atoms with E-state index in [1.807, 2.05) is 0 Å². The lowest BCUT2D eigenvalue weighted by Crippen LogP contribution is -2.39. The second-order valence-corrected chi connectivity index (χ2v) is 7.27. The molecule has 0 bridgehead atoms. The zero-order chi connectivity index (χ0) is 23.4. The molecule has 0 aliphatic carbocycles. The van der Waals surface area contributed by atoms with Gasteiger partial charge in [-0.3, -0.25) is 5.10 Å². The lowest BCUT2D eigenvalue weighted by Gasteiger charge is -2.24. The predicted molar refractivity (Wildman–Crippen MR) is 109 cm³/mol. The number of hydrogen-bond acceptors (Lipinski definition) is 6. The Kier molecular flexibility index (Phi) is 6.71. The SMILES string of the molecule is CCOC(=O)C(C)(C)Oc1ccc(OCc2nc(-c3ccc(C(F)(F)F)cc3)n[nH]2)cc1. The second-order valence-electron chi connectivity index (χ2n) is 7.27. The first-order valence-electron chi connectivity index (χ1n) is 9.76. The number of nitrogens with zero attached hydrogens (tertiary/aromatic N) is 2. The van der Waals surface area contributed by atoms with Gasteiger partial charge in [0.1, 0.15) is 18.1 Å². The summed E-state index contributed by atoms with van der Waals surface area (Å²) >= 11 is 0. The molecule has 170 valence electrons. The Bertz CT molecular complexity index is 1050. The van der Waals surface area contributed by atoms with Gasteiger partial charge in [0.2, 0.25) is 0 Å². The first-order chi connectivity index (χ1) is 15.1. The summed E-state index contributed by atoms with van der Waals surface area (Å²) in [6.45, 7) is 5.30. The quantitative estimate of drug-likeness (QED) is 0.498. The van der Waals surface area contributed by atoms with Crippen molar-refractivity contribution in [1.29, 1.82) is 0 Å². The molecule has 1 heterocycles. The van der Waals surface area contributed by atoms with E-state index in [-0.39, 0.29) is 19.0 Å². The van der Waals surface area contributed by atoms with Crippen LogP contribution in [-0.4, -0.2) is 33.4 Å². The van der Waals surface area contributed by atoms with Crippen LogP contribution in [0.4, 0.5) is 13.2 Å². The number of carbonyl (C=O) groups excluding carboxylic acids is 1. The highest BCUT2D eigenvalue weighted by molar-refractivity contribution is 5.79. The van der Waals surface area contributed by atoms with Crippen molar-refractivity contribution in [2.24, 2.45) is 0 Å². The van der Waals surface area contributed by atoms with Crippen molar-refractivity contribution in [1.82, 2.24) is 15.2 Å². The molecule has 1 aromatic heterocycles. The van der Waals surface area contributed by atoms with Crippen molar-refractivity contribution < 1.29 is 32.2 Å². The third kappa shape index (κ3) is 5.77. The molecule has 0 atom stereocenters. The topological polar surface area (TPSA) is 86.3 Å². The maximum absolute atomic E-state index is 12.7. The van der Waals surface area contributed by atoms with Crippen LogP contribution < -0.4 is 9.47 Å². The monoisotopic (exact) mass is 449 g/mol. The molecule has 3 aromatic rings. The lowest BCUT2D eigenvalue weighted by molar-refractivity contribution is -0.158. The van der Waals surface area contributed by atoms with Crippen LogP contribution in [0.15, 0.2) is 48.5 Å². The molecule has 0 saturated heterocycles. The van der Waals surface area contributed by atoms with Crippen LogP contribution in [0.3, 0.4) is 0 Å². The van der Waals surface area contributed by atoms with Crippen molar-refractivity contribution >= 4 is 5.97 Å². The molecule has 10 heteroatoms. The summed E-state index contributed by atoms with van der Waals surface area (Å²) < 4.78 is 54.4. The molecule has 0 amide bonds. The summed E-state index contributed by atoms with van der Waals surface area (Å²) in [7, 11) is 0. The molecule has 0 unspecified atom stereocenters. The maximum Gasteiger partial charge on any atom is 0.416 e. The first-order valence-corrected chi connectivity index (χ1v) is 9.76. The van der Waals surface area contributed by atoms with Crippen LogP contribution in [0.5, 0.6) is 11.5 Å². The first kappa shape index (κ1) is 23.1. The summed E-state index contributed by atoms with van der Waals surface area (Å²) in [6, 6.07) is 11.2. The Morgan fingerprint density at radius 2 is 1.62 bits per heavy atom. The fourth-order valence-electron chi connectivity index (χ4n) is 2.69. The van der Waals surface area contributed by atoms with E-state index in [0.29, 0.717) is 22.9 Å². The molecule has 32 heavy (non-hydrogen) atoms. The molecule has 2 aromatic carbocycles. The number of halogens is 3. The van der Waals surface area contributed by atoms with Crippen molar-refractivity contribution in [2.75, 3.05) is 6.61 Å². The molecule has 0 spiro atoms. The third-order valence-corrected chi connectivity index (χ3v) is 4.34. The van der Waals surface area contributed by atoms with Gasteiger partial charge in [-0.2, -0.15) is 18.3 Å². The average molecular weight is 449 g/mol. The van der Waals surface area contributed by atoms with Crippen LogP contribution in [-0.2, 0) is 22.3 Å². The van der Waals surface area contributed by atoms with Crippen LogP contribution in [0, 0.1) is 0 Å². The number of aromatic nitrogens is 3. The van der Waals surface area contributed by atoms with Crippen molar-refractivity contribution in [3.63, 3.8) is 0 Å². The number of aromatic amines is 1. The summed E-state index contributed by atoms with van der Waals surface area (Å²) in [5.41, 5.74) is -1.42. The van der Waals surface area contributed by atoms with E-state index in [2.05, 4.69) is 15.2 Å². The number of carbonyl (C=O) groups is 1.